The molecule has 0 unspecified atom stereocenters. The third-order valence-electron chi connectivity index (χ3n) is 3.73. The highest BCUT2D eigenvalue weighted by Gasteiger charge is 2.29. The molecule has 6 N–H and O–H groups in total. The van der Waals surface area contributed by atoms with Crippen LogP contribution in [0.4, 0.5) is 0 Å². The molecule has 0 aliphatic heterocycles. The van der Waals surface area contributed by atoms with Crippen molar-refractivity contribution in [1.29, 1.82) is 0 Å². The number of nitrogens with two attached hydrogens (primary N) is 1. The number of carboxylic acids is 2. The van der Waals surface area contributed by atoms with Gasteiger partial charge in [0.25, 0.3) is 0 Å². The van der Waals surface area contributed by atoms with E-state index < -0.39 is 24.1 Å². The van der Waals surface area contributed by atoms with Crippen LogP contribution in [0.3, 0.4) is 0 Å². The van der Waals surface area contributed by atoms with Crippen LogP contribution in [-0.2, 0) is 14.3 Å². The van der Waals surface area contributed by atoms with E-state index in [2.05, 4.69) is 4.74 Å². The van der Waals surface area contributed by atoms with Gasteiger partial charge in [-0.2, -0.15) is 0 Å². The Morgan fingerprint density at radius 1 is 0.862 bits per heavy atom. The SMILES string of the molecule is COC(=O)c1ccc([C@@H](N)c2ccc(Cl)cc2)cc1.O=C(O)[C@H](O)[C@@H](O)C(=O)O. The number of hydrogen-bond acceptors (Lipinski definition) is 7. The molecule has 3 atom stereocenters. The molecule has 0 spiro atoms. The van der Waals surface area contributed by atoms with Gasteiger partial charge in [-0.1, -0.05) is 35.9 Å². The van der Waals surface area contributed by atoms with Crippen molar-refractivity contribution in [3.8, 4) is 0 Å². The van der Waals surface area contributed by atoms with Crippen LogP contribution < -0.4 is 5.73 Å². The highest BCUT2D eigenvalue weighted by molar-refractivity contribution is 6.30. The molecule has 0 aliphatic carbocycles. The van der Waals surface area contributed by atoms with E-state index in [1.807, 2.05) is 24.3 Å². The molecule has 0 amide bonds. The van der Waals surface area contributed by atoms with Crippen molar-refractivity contribution in [3.63, 3.8) is 0 Å². The lowest BCUT2D eigenvalue weighted by atomic mass is 9.99. The second kappa shape index (κ2) is 11.1. The smallest absolute Gasteiger partial charge is 0.337 e. The first kappa shape index (κ1) is 24.1. The van der Waals surface area contributed by atoms with Crippen molar-refractivity contribution in [1.82, 2.24) is 0 Å². The number of carbonyl (C=O) groups is 3. The number of carboxylic acid groups (broad SMARTS) is 2. The molecule has 2 aromatic rings. The van der Waals surface area contributed by atoms with Crippen LogP contribution in [0.5, 0.6) is 0 Å². The zero-order valence-electron chi connectivity index (χ0n) is 15.2. The molecule has 0 heterocycles. The van der Waals surface area contributed by atoms with Crippen LogP contribution in [0, 0.1) is 0 Å². The van der Waals surface area contributed by atoms with Gasteiger partial charge in [0.15, 0.2) is 12.2 Å². The molecule has 0 aromatic heterocycles. The Balaban J connectivity index is 0.000000359. The summed E-state index contributed by atoms with van der Waals surface area (Å²) < 4.78 is 4.65. The second-order valence-corrected chi connectivity index (χ2v) is 6.15. The first-order valence-corrected chi connectivity index (χ1v) is 8.47. The monoisotopic (exact) mass is 425 g/mol. The highest BCUT2D eigenvalue weighted by Crippen LogP contribution is 2.21. The van der Waals surface area contributed by atoms with Gasteiger partial charge in [-0.25, -0.2) is 14.4 Å². The number of carbonyl (C=O) groups excluding carboxylic acids is 1. The number of halogens is 1. The van der Waals surface area contributed by atoms with E-state index in [1.54, 1.807) is 24.3 Å². The number of aliphatic hydroxyl groups is 2. The fraction of sp³-hybridized carbons (Fsp3) is 0.211. The third-order valence-corrected chi connectivity index (χ3v) is 3.98. The predicted octanol–water partition coefficient (Wildman–Crippen LogP) is 1.05. The lowest BCUT2D eigenvalue weighted by Crippen LogP contribution is -2.39. The van der Waals surface area contributed by atoms with Gasteiger partial charge >= 0.3 is 17.9 Å². The van der Waals surface area contributed by atoms with Gasteiger partial charge in [-0.3, -0.25) is 0 Å². The summed E-state index contributed by atoms with van der Waals surface area (Å²) in [5.74, 6) is -3.89. The highest BCUT2D eigenvalue weighted by atomic mass is 35.5. The van der Waals surface area contributed by atoms with Gasteiger partial charge in [0.05, 0.1) is 18.7 Å². The number of esters is 1. The van der Waals surface area contributed by atoms with Crippen molar-refractivity contribution in [2.45, 2.75) is 18.2 Å². The van der Waals surface area contributed by atoms with E-state index in [0.29, 0.717) is 10.6 Å². The minimum absolute atomic E-state index is 0.246. The van der Waals surface area contributed by atoms with E-state index in [1.165, 1.54) is 7.11 Å². The topological polar surface area (TPSA) is 167 Å². The Labute approximate surface area is 170 Å². The minimum atomic E-state index is -2.27. The van der Waals surface area contributed by atoms with E-state index in [-0.39, 0.29) is 12.0 Å². The average Bonchev–Trinajstić information content (AvgIpc) is 2.72. The lowest BCUT2D eigenvalue weighted by Gasteiger charge is -2.13. The predicted molar refractivity (Wildman–Crippen MR) is 103 cm³/mol. The maximum Gasteiger partial charge on any atom is 0.337 e. The maximum absolute atomic E-state index is 11.3. The first-order chi connectivity index (χ1) is 13.6. The molecular formula is C19H20ClNO8. The van der Waals surface area contributed by atoms with E-state index >= 15 is 0 Å². The number of hydrogen-bond donors (Lipinski definition) is 5. The normalized spacial score (nSPS) is 13.3. The van der Waals surface area contributed by atoms with Crippen molar-refractivity contribution in [2.75, 3.05) is 7.11 Å². The first-order valence-electron chi connectivity index (χ1n) is 8.09. The van der Waals surface area contributed by atoms with E-state index in [9.17, 15) is 14.4 Å². The fourth-order valence-electron chi connectivity index (χ4n) is 2.08. The van der Waals surface area contributed by atoms with Gasteiger partial charge in [0, 0.05) is 5.02 Å². The molecule has 0 fully saturated rings. The maximum atomic E-state index is 11.3. The fourth-order valence-corrected chi connectivity index (χ4v) is 2.20. The van der Waals surface area contributed by atoms with Gasteiger partial charge in [-0.15, -0.1) is 0 Å². The Kier molecular flexibility index (Phi) is 9.23. The van der Waals surface area contributed by atoms with E-state index in [4.69, 9.17) is 37.8 Å². The number of aliphatic carboxylic acids is 2. The summed E-state index contributed by atoms with van der Waals surface area (Å²) in [6, 6.07) is 14.2. The average molecular weight is 426 g/mol. The minimum Gasteiger partial charge on any atom is -0.479 e. The Bertz CT molecular complexity index is 820. The third kappa shape index (κ3) is 7.16. The van der Waals surface area contributed by atoms with Crippen molar-refractivity contribution >= 4 is 29.5 Å². The molecule has 29 heavy (non-hydrogen) atoms. The van der Waals surface area contributed by atoms with Crippen LogP contribution >= 0.6 is 11.6 Å². The van der Waals surface area contributed by atoms with Gasteiger partial charge in [0.2, 0.25) is 0 Å². The van der Waals surface area contributed by atoms with Crippen LogP contribution in [0.1, 0.15) is 27.5 Å². The van der Waals surface area contributed by atoms with Crippen LogP contribution in [-0.4, -0.2) is 57.7 Å². The molecule has 0 saturated carbocycles. The number of methoxy groups -OCH3 is 1. The van der Waals surface area contributed by atoms with Gasteiger partial charge in [0.1, 0.15) is 0 Å². The van der Waals surface area contributed by atoms with E-state index in [0.717, 1.165) is 11.1 Å². The number of benzene rings is 2. The Morgan fingerprint density at radius 2 is 1.24 bits per heavy atom. The van der Waals surface area contributed by atoms with Crippen LogP contribution in [0.25, 0.3) is 0 Å². The summed E-state index contributed by atoms with van der Waals surface area (Å²) >= 11 is 5.84. The molecule has 2 rings (SSSR count). The summed E-state index contributed by atoms with van der Waals surface area (Å²) in [7, 11) is 1.36. The summed E-state index contributed by atoms with van der Waals surface area (Å²) in [6.45, 7) is 0. The summed E-state index contributed by atoms with van der Waals surface area (Å²) in [5, 5.41) is 33.2. The largest absolute Gasteiger partial charge is 0.479 e. The molecule has 9 nitrogen and oxygen atoms in total. The van der Waals surface area contributed by atoms with Crippen molar-refractivity contribution in [3.05, 3.63) is 70.2 Å². The summed E-state index contributed by atoms with van der Waals surface area (Å²) in [6.07, 6.45) is -4.53. The van der Waals surface area contributed by atoms with Crippen LogP contribution in [0.2, 0.25) is 5.02 Å². The molecule has 156 valence electrons. The molecule has 0 bridgehead atoms. The summed E-state index contributed by atoms with van der Waals surface area (Å²) in [4.78, 5) is 30.9. The molecule has 0 saturated heterocycles. The Hall–Kier alpha value is -2.98. The molecular weight excluding hydrogens is 406 g/mol. The quantitative estimate of drug-likeness (QED) is 0.425. The Morgan fingerprint density at radius 3 is 1.59 bits per heavy atom. The van der Waals surface area contributed by atoms with Crippen molar-refractivity contribution < 1.29 is 39.5 Å². The zero-order chi connectivity index (χ0) is 22.1. The van der Waals surface area contributed by atoms with Gasteiger partial charge in [-0.05, 0) is 35.4 Å². The van der Waals surface area contributed by atoms with Crippen LogP contribution in [0.15, 0.2) is 48.5 Å². The molecule has 0 aliphatic rings. The lowest BCUT2D eigenvalue weighted by molar-refractivity contribution is -0.165. The molecule has 10 heteroatoms. The number of rotatable bonds is 6. The molecule has 2 aromatic carbocycles. The number of aliphatic hydroxyl groups excluding tert-OH is 2. The summed E-state index contributed by atoms with van der Waals surface area (Å²) in [5.41, 5.74) is 8.57. The standard InChI is InChI=1S/C15H14ClNO2.C4H6O6/c1-19-15(18)12-4-2-10(3-5-12)14(17)11-6-8-13(16)9-7-11;5-1(3(7)8)2(6)4(9)10/h2-9,14H,17H2,1H3;1-2,5-6H,(H,7,8)(H,9,10)/t14-;1-,2-/m11/s1. The number of ether oxygens (including phenoxy) is 1. The van der Waals surface area contributed by atoms with Gasteiger partial charge < -0.3 is 30.9 Å². The van der Waals surface area contributed by atoms with Crippen molar-refractivity contribution in [2.24, 2.45) is 5.73 Å². The second-order valence-electron chi connectivity index (χ2n) is 5.71. The molecule has 0 radical (unpaired) electrons. The zero-order valence-corrected chi connectivity index (χ0v) is 16.0.